The minimum atomic E-state index is 0.0324. The van der Waals surface area contributed by atoms with Crippen LogP contribution in [-0.4, -0.2) is 24.4 Å². The van der Waals surface area contributed by atoms with Crippen LogP contribution in [-0.2, 0) is 11.2 Å². The normalized spacial score (nSPS) is 10.7. The molecule has 1 rings (SSSR count). The van der Waals surface area contributed by atoms with E-state index in [1.807, 2.05) is 36.7 Å². The SMILES string of the molecule is CNC(=O)CCc1ccc(N=C(NC#N)SC)cc1. The minimum absolute atomic E-state index is 0.0324. The number of rotatable bonds is 4. The maximum absolute atomic E-state index is 11.1. The van der Waals surface area contributed by atoms with Gasteiger partial charge in [0.2, 0.25) is 5.91 Å². The van der Waals surface area contributed by atoms with Crippen LogP contribution in [0, 0.1) is 11.5 Å². The lowest BCUT2D eigenvalue weighted by Gasteiger charge is -2.03. The number of thioether (sulfide) groups is 1. The fourth-order valence-corrected chi connectivity index (χ4v) is 1.75. The molecule has 1 amide bonds. The smallest absolute Gasteiger partial charge is 0.220 e. The molecule has 0 atom stereocenters. The molecule has 6 heteroatoms. The van der Waals surface area contributed by atoms with E-state index in [-0.39, 0.29) is 5.91 Å². The Labute approximate surface area is 117 Å². The standard InChI is InChI=1S/C13H16N4OS/c1-15-12(18)8-5-10-3-6-11(7-4-10)17-13(19-2)16-9-14/h3-4,6-7H,5,8H2,1-2H3,(H,15,18)(H,16,17). The number of nitriles is 1. The summed E-state index contributed by atoms with van der Waals surface area (Å²) in [6, 6.07) is 7.61. The van der Waals surface area contributed by atoms with Gasteiger partial charge >= 0.3 is 0 Å². The zero-order valence-corrected chi connectivity index (χ0v) is 11.8. The molecule has 0 aliphatic heterocycles. The van der Waals surface area contributed by atoms with Crippen molar-refractivity contribution in [1.82, 2.24) is 10.6 Å². The monoisotopic (exact) mass is 276 g/mol. The van der Waals surface area contributed by atoms with Crippen molar-refractivity contribution in [2.24, 2.45) is 4.99 Å². The van der Waals surface area contributed by atoms with Crippen LogP contribution in [0.5, 0.6) is 0 Å². The fraction of sp³-hybridized carbons (Fsp3) is 0.308. The van der Waals surface area contributed by atoms with Gasteiger partial charge in [-0.1, -0.05) is 23.9 Å². The predicted octanol–water partition coefficient (Wildman–Crippen LogP) is 1.79. The van der Waals surface area contributed by atoms with Crippen LogP contribution in [0.3, 0.4) is 0 Å². The van der Waals surface area contributed by atoms with E-state index in [2.05, 4.69) is 15.6 Å². The molecule has 0 aliphatic rings. The van der Waals surface area contributed by atoms with Crippen LogP contribution < -0.4 is 10.6 Å². The lowest BCUT2D eigenvalue weighted by atomic mass is 10.1. The van der Waals surface area contributed by atoms with Crippen molar-refractivity contribution in [1.29, 1.82) is 5.26 Å². The second-order valence-corrected chi connectivity index (χ2v) is 4.49. The zero-order chi connectivity index (χ0) is 14.1. The molecule has 0 bridgehead atoms. The fourth-order valence-electron chi connectivity index (χ4n) is 1.41. The molecule has 19 heavy (non-hydrogen) atoms. The van der Waals surface area contributed by atoms with E-state index < -0.39 is 0 Å². The number of aryl methyl sites for hydroxylation is 1. The summed E-state index contributed by atoms with van der Waals surface area (Å²) in [6.07, 6.45) is 4.87. The Balaban J connectivity index is 2.66. The van der Waals surface area contributed by atoms with E-state index in [4.69, 9.17) is 5.26 Å². The molecule has 0 heterocycles. The Morgan fingerprint density at radius 1 is 1.42 bits per heavy atom. The first kappa shape index (κ1) is 15.1. The van der Waals surface area contributed by atoms with Crippen LogP contribution in [0.25, 0.3) is 0 Å². The highest BCUT2D eigenvalue weighted by Crippen LogP contribution is 2.15. The zero-order valence-electron chi connectivity index (χ0n) is 10.9. The Kier molecular flexibility index (Phi) is 6.47. The van der Waals surface area contributed by atoms with Gasteiger partial charge in [0.05, 0.1) is 5.69 Å². The molecule has 0 unspecified atom stereocenters. The van der Waals surface area contributed by atoms with Gasteiger partial charge in [-0.25, -0.2) is 4.99 Å². The molecule has 0 fully saturated rings. The quantitative estimate of drug-likeness (QED) is 0.380. The Morgan fingerprint density at radius 3 is 2.63 bits per heavy atom. The van der Waals surface area contributed by atoms with Crippen molar-refractivity contribution in [3.63, 3.8) is 0 Å². The van der Waals surface area contributed by atoms with Crippen molar-refractivity contribution in [2.45, 2.75) is 12.8 Å². The van der Waals surface area contributed by atoms with Gasteiger partial charge in [-0.15, -0.1) is 0 Å². The average molecular weight is 276 g/mol. The number of carbonyl (C=O) groups is 1. The molecule has 0 saturated heterocycles. The third kappa shape index (κ3) is 5.44. The van der Waals surface area contributed by atoms with Crippen molar-refractivity contribution < 1.29 is 4.79 Å². The summed E-state index contributed by atoms with van der Waals surface area (Å²) in [6.45, 7) is 0. The highest BCUT2D eigenvalue weighted by atomic mass is 32.2. The number of aliphatic imine (C=N–C) groups is 1. The van der Waals surface area contributed by atoms with Crippen LogP contribution in [0.15, 0.2) is 29.3 Å². The van der Waals surface area contributed by atoms with Gasteiger partial charge in [0.1, 0.15) is 0 Å². The third-order valence-corrected chi connectivity index (χ3v) is 3.02. The second-order valence-electron chi connectivity index (χ2n) is 3.70. The molecule has 1 aromatic carbocycles. The van der Waals surface area contributed by atoms with E-state index >= 15 is 0 Å². The number of hydrogen-bond donors (Lipinski definition) is 2. The van der Waals surface area contributed by atoms with E-state index in [1.54, 1.807) is 7.05 Å². The lowest BCUT2D eigenvalue weighted by molar-refractivity contribution is -0.120. The first-order chi connectivity index (χ1) is 9.19. The largest absolute Gasteiger partial charge is 0.359 e. The van der Waals surface area contributed by atoms with Gasteiger partial charge in [-0.3, -0.25) is 10.1 Å². The maximum Gasteiger partial charge on any atom is 0.220 e. The Hall–Kier alpha value is -2.00. The first-order valence-electron chi connectivity index (χ1n) is 5.77. The topological polar surface area (TPSA) is 77.3 Å². The van der Waals surface area contributed by atoms with Crippen LogP contribution in [0.1, 0.15) is 12.0 Å². The van der Waals surface area contributed by atoms with Crippen LogP contribution >= 0.6 is 11.8 Å². The highest BCUT2D eigenvalue weighted by Gasteiger charge is 2.00. The molecular formula is C13H16N4OS. The van der Waals surface area contributed by atoms with Crippen molar-refractivity contribution in [2.75, 3.05) is 13.3 Å². The van der Waals surface area contributed by atoms with Crippen molar-refractivity contribution in [3.05, 3.63) is 29.8 Å². The molecule has 0 aliphatic carbocycles. The Morgan fingerprint density at radius 2 is 2.11 bits per heavy atom. The predicted molar refractivity (Wildman–Crippen MR) is 78.2 cm³/mol. The summed E-state index contributed by atoms with van der Waals surface area (Å²) < 4.78 is 0. The molecule has 0 spiro atoms. The summed E-state index contributed by atoms with van der Waals surface area (Å²) in [7, 11) is 1.63. The van der Waals surface area contributed by atoms with E-state index in [0.29, 0.717) is 18.0 Å². The van der Waals surface area contributed by atoms with E-state index in [0.717, 1.165) is 11.3 Å². The summed E-state index contributed by atoms with van der Waals surface area (Å²) in [5.41, 5.74) is 1.86. The van der Waals surface area contributed by atoms with Crippen LogP contribution in [0.2, 0.25) is 0 Å². The number of carbonyl (C=O) groups excluding carboxylic acids is 1. The Bertz CT molecular complexity index is 490. The van der Waals surface area contributed by atoms with Crippen molar-refractivity contribution in [3.8, 4) is 6.19 Å². The maximum atomic E-state index is 11.1. The van der Waals surface area contributed by atoms with Gasteiger partial charge < -0.3 is 5.32 Å². The number of amidine groups is 1. The minimum Gasteiger partial charge on any atom is -0.359 e. The molecule has 5 nitrogen and oxygen atoms in total. The number of hydrogen-bond acceptors (Lipinski definition) is 4. The number of nitrogens with zero attached hydrogens (tertiary/aromatic N) is 2. The highest BCUT2D eigenvalue weighted by molar-refractivity contribution is 8.13. The molecule has 2 N–H and O–H groups in total. The van der Waals surface area contributed by atoms with Gasteiger partial charge in [0.25, 0.3) is 0 Å². The third-order valence-electron chi connectivity index (χ3n) is 2.44. The molecular weight excluding hydrogens is 260 g/mol. The lowest BCUT2D eigenvalue weighted by Crippen LogP contribution is -2.17. The average Bonchev–Trinajstić information content (AvgIpc) is 2.45. The number of nitrogens with one attached hydrogen (secondary N) is 2. The summed E-state index contributed by atoms with van der Waals surface area (Å²) >= 11 is 1.37. The number of amides is 1. The van der Waals surface area contributed by atoms with Gasteiger partial charge in [0, 0.05) is 13.5 Å². The van der Waals surface area contributed by atoms with Gasteiger partial charge in [0.15, 0.2) is 11.4 Å². The summed E-state index contributed by atoms with van der Waals surface area (Å²) in [5.74, 6) is 0.0324. The second kappa shape index (κ2) is 8.16. The van der Waals surface area contributed by atoms with Gasteiger partial charge in [-0.2, -0.15) is 5.26 Å². The number of benzene rings is 1. The molecule has 1 aromatic rings. The van der Waals surface area contributed by atoms with Crippen molar-refractivity contribution >= 4 is 28.5 Å². The summed E-state index contributed by atoms with van der Waals surface area (Å²) in [4.78, 5) is 15.4. The first-order valence-corrected chi connectivity index (χ1v) is 6.99. The van der Waals surface area contributed by atoms with E-state index in [1.165, 1.54) is 11.8 Å². The molecule has 100 valence electrons. The van der Waals surface area contributed by atoms with Gasteiger partial charge in [-0.05, 0) is 30.4 Å². The molecule has 0 saturated carbocycles. The molecule has 0 aromatic heterocycles. The summed E-state index contributed by atoms with van der Waals surface area (Å²) in [5, 5.41) is 14.2. The molecule has 0 radical (unpaired) electrons. The van der Waals surface area contributed by atoms with E-state index in [9.17, 15) is 4.79 Å². The van der Waals surface area contributed by atoms with Crippen LogP contribution in [0.4, 0.5) is 5.69 Å².